The van der Waals surface area contributed by atoms with Gasteiger partial charge in [-0.25, -0.2) is 4.79 Å². The summed E-state index contributed by atoms with van der Waals surface area (Å²) in [6.07, 6.45) is 0.324. The Morgan fingerprint density at radius 1 is 1.56 bits per heavy atom. The minimum absolute atomic E-state index is 0.443. The average molecular weight is 216 g/mol. The Hall–Kier alpha value is -2.02. The molecule has 0 N–H and O–H groups in total. The molecule has 16 heavy (non-hydrogen) atoms. The predicted octanol–water partition coefficient (Wildman–Crippen LogP) is 1.88. The largest absolute Gasteiger partial charge is 0.453 e. The molecule has 1 aliphatic heterocycles. The predicted molar refractivity (Wildman–Crippen MR) is 57.6 cm³/mol. The number of carbonyl (C=O) groups excluding carboxylic acids is 1. The second kappa shape index (κ2) is 4.23. The van der Waals surface area contributed by atoms with Crippen LogP contribution >= 0.6 is 0 Å². The molecule has 0 radical (unpaired) electrons. The van der Waals surface area contributed by atoms with Gasteiger partial charge in [-0.1, -0.05) is 24.3 Å². The van der Waals surface area contributed by atoms with Crippen molar-refractivity contribution in [1.29, 1.82) is 5.26 Å². The molecular weight excluding hydrogens is 204 g/mol. The van der Waals surface area contributed by atoms with Crippen LogP contribution in [0.3, 0.4) is 0 Å². The van der Waals surface area contributed by atoms with E-state index in [9.17, 15) is 4.79 Å². The Balaban J connectivity index is 2.38. The zero-order valence-corrected chi connectivity index (χ0v) is 9.01. The van der Waals surface area contributed by atoms with Gasteiger partial charge in [0.1, 0.15) is 6.04 Å². The number of hydrogen-bond acceptors (Lipinski definition) is 3. The van der Waals surface area contributed by atoms with Gasteiger partial charge in [0.05, 0.1) is 13.2 Å². The Kier molecular flexibility index (Phi) is 2.78. The van der Waals surface area contributed by atoms with Crippen molar-refractivity contribution < 1.29 is 9.53 Å². The van der Waals surface area contributed by atoms with Crippen molar-refractivity contribution >= 4 is 6.09 Å². The number of nitrogens with zero attached hydrogens (tertiary/aromatic N) is 2. The zero-order valence-electron chi connectivity index (χ0n) is 9.01. The third-order valence-corrected chi connectivity index (χ3v) is 2.81. The van der Waals surface area contributed by atoms with E-state index in [1.807, 2.05) is 24.3 Å². The van der Waals surface area contributed by atoms with Gasteiger partial charge in [0.2, 0.25) is 0 Å². The summed E-state index contributed by atoms with van der Waals surface area (Å²) in [7, 11) is 1.33. The van der Waals surface area contributed by atoms with E-state index in [1.165, 1.54) is 12.0 Å². The maximum atomic E-state index is 11.5. The highest BCUT2D eigenvalue weighted by molar-refractivity contribution is 5.69. The number of methoxy groups -OCH3 is 1. The van der Waals surface area contributed by atoms with E-state index in [1.54, 1.807) is 0 Å². The first-order valence-corrected chi connectivity index (χ1v) is 5.10. The molecule has 0 saturated carbocycles. The van der Waals surface area contributed by atoms with E-state index in [-0.39, 0.29) is 0 Å². The van der Waals surface area contributed by atoms with Gasteiger partial charge >= 0.3 is 6.09 Å². The van der Waals surface area contributed by atoms with Gasteiger partial charge < -0.3 is 4.74 Å². The third kappa shape index (κ3) is 1.61. The SMILES string of the molecule is COC(=O)N1CCc2ccccc2C1C#N. The summed E-state index contributed by atoms with van der Waals surface area (Å²) in [5.74, 6) is 0. The molecule has 4 heteroatoms. The Morgan fingerprint density at radius 2 is 2.31 bits per heavy atom. The number of fused-ring (bicyclic) bond motifs is 1. The van der Waals surface area contributed by atoms with Crippen molar-refractivity contribution in [2.75, 3.05) is 13.7 Å². The molecule has 0 fully saturated rings. The molecule has 82 valence electrons. The second-order valence-electron chi connectivity index (χ2n) is 3.64. The summed E-state index contributed by atoms with van der Waals surface area (Å²) in [5, 5.41) is 9.15. The second-order valence-corrected chi connectivity index (χ2v) is 3.64. The number of carbonyl (C=O) groups is 1. The minimum Gasteiger partial charge on any atom is -0.453 e. The Morgan fingerprint density at radius 3 is 3.00 bits per heavy atom. The first kappa shape index (κ1) is 10.5. The molecular formula is C12H12N2O2. The highest BCUT2D eigenvalue weighted by Gasteiger charge is 2.30. The summed E-state index contributed by atoms with van der Waals surface area (Å²) in [5.41, 5.74) is 2.04. The van der Waals surface area contributed by atoms with Crippen LogP contribution < -0.4 is 0 Å². The molecule has 1 amide bonds. The Labute approximate surface area is 94.0 Å². The van der Waals surface area contributed by atoms with Crippen LogP contribution in [-0.2, 0) is 11.2 Å². The molecule has 1 unspecified atom stereocenters. The molecule has 1 aromatic carbocycles. The lowest BCUT2D eigenvalue weighted by atomic mass is 9.94. The molecule has 0 bridgehead atoms. The van der Waals surface area contributed by atoms with Gasteiger partial charge in [-0.15, -0.1) is 0 Å². The standard InChI is InChI=1S/C12H12N2O2/c1-16-12(15)14-7-6-9-4-2-3-5-10(9)11(14)8-13/h2-5,11H,6-7H2,1H3. The van der Waals surface area contributed by atoms with Crippen LogP contribution in [-0.4, -0.2) is 24.6 Å². The van der Waals surface area contributed by atoms with Crippen LogP contribution in [0.15, 0.2) is 24.3 Å². The molecule has 1 aliphatic rings. The first-order chi connectivity index (χ1) is 7.77. The molecule has 2 rings (SSSR count). The number of amides is 1. The molecule has 1 aromatic rings. The molecule has 1 atom stereocenters. The highest BCUT2D eigenvalue weighted by atomic mass is 16.5. The Bertz CT molecular complexity index is 451. The fourth-order valence-corrected chi connectivity index (χ4v) is 2.02. The van der Waals surface area contributed by atoms with Gasteiger partial charge in [-0.3, -0.25) is 4.90 Å². The lowest BCUT2D eigenvalue weighted by molar-refractivity contribution is 0.111. The van der Waals surface area contributed by atoms with Crippen molar-refractivity contribution in [3.63, 3.8) is 0 Å². The highest BCUT2D eigenvalue weighted by Crippen LogP contribution is 2.29. The number of nitriles is 1. The maximum Gasteiger partial charge on any atom is 0.410 e. The fraction of sp³-hybridized carbons (Fsp3) is 0.333. The quantitative estimate of drug-likeness (QED) is 0.665. The van der Waals surface area contributed by atoms with E-state index < -0.39 is 12.1 Å². The van der Waals surface area contributed by atoms with Crippen LogP contribution in [0.2, 0.25) is 0 Å². The van der Waals surface area contributed by atoms with Crippen molar-refractivity contribution in [2.45, 2.75) is 12.5 Å². The van der Waals surface area contributed by atoms with E-state index in [4.69, 9.17) is 5.26 Å². The average Bonchev–Trinajstić information content (AvgIpc) is 2.36. The summed E-state index contributed by atoms with van der Waals surface area (Å²) in [4.78, 5) is 13.0. The number of ether oxygens (including phenoxy) is 1. The van der Waals surface area contributed by atoms with E-state index in [0.717, 1.165) is 17.5 Å². The summed E-state index contributed by atoms with van der Waals surface area (Å²) >= 11 is 0. The minimum atomic E-state index is -0.530. The molecule has 0 spiro atoms. The van der Waals surface area contributed by atoms with Crippen molar-refractivity contribution in [3.8, 4) is 6.07 Å². The monoisotopic (exact) mass is 216 g/mol. The van der Waals surface area contributed by atoms with Crippen LogP contribution in [0.1, 0.15) is 17.2 Å². The van der Waals surface area contributed by atoms with Gasteiger partial charge in [-0.2, -0.15) is 5.26 Å². The van der Waals surface area contributed by atoms with Crippen LogP contribution in [0.5, 0.6) is 0 Å². The maximum absolute atomic E-state index is 11.5. The smallest absolute Gasteiger partial charge is 0.410 e. The van der Waals surface area contributed by atoms with Crippen LogP contribution in [0, 0.1) is 11.3 Å². The molecule has 0 aliphatic carbocycles. The normalized spacial score (nSPS) is 18.5. The van der Waals surface area contributed by atoms with E-state index in [0.29, 0.717) is 6.54 Å². The van der Waals surface area contributed by atoms with Crippen molar-refractivity contribution in [3.05, 3.63) is 35.4 Å². The molecule has 0 aromatic heterocycles. The fourth-order valence-electron chi connectivity index (χ4n) is 2.02. The van der Waals surface area contributed by atoms with Crippen LogP contribution in [0.4, 0.5) is 4.79 Å². The van der Waals surface area contributed by atoms with E-state index >= 15 is 0 Å². The molecule has 0 saturated heterocycles. The van der Waals surface area contributed by atoms with Gasteiger partial charge in [0.15, 0.2) is 0 Å². The molecule has 1 heterocycles. The van der Waals surface area contributed by atoms with Gasteiger partial charge in [0.25, 0.3) is 0 Å². The number of rotatable bonds is 0. The lowest BCUT2D eigenvalue weighted by Crippen LogP contribution is -2.39. The topological polar surface area (TPSA) is 53.3 Å². The first-order valence-electron chi connectivity index (χ1n) is 5.10. The summed E-state index contributed by atoms with van der Waals surface area (Å²) in [6.45, 7) is 0.530. The summed E-state index contributed by atoms with van der Waals surface area (Å²) in [6, 6.07) is 9.33. The van der Waals surface area contributed by atoms with Gasteiger partial charge in [-0.05, 0) is 17.5 Å². The van der Waals surface area contributed by atoms with Crippen LogP contribution in [0.25, 0.3) is 0 Å². The third-order valence-electron chi connectivity index (χ3n) is 2.81. The lowest BCUT2D eigenvalue weighted by Gasteiger charge is -2.31. The zero-order chi connectivity index (χ0) is 11.5. The van der Waals surface area contributed by atoms with Gasteiger partial charge in [0, 0.05) is 6.54 Å². The number of hydrogen-bond donors (Lipinski definition) is 0. The van der Waals surface area contributed by atoms with E-state index in [2.05, 4.69) is 10.8 Å². The van der Waals surface area contributed by atoms with Crippen molar-refractivity contribution in [2.24, 2.45) is 0 Å². The summed E-state index contributed by atoms with van der Waals surface area (Å²) < 4.78 is 4.67. The van der Waals surface area contributed by atoms with Crippen molar-refractivity contribution in [1.82, 2.24) is 4.90 Å². The number of benzene rings is 1. The molecule has 4 nitrogen and oxygen atoms in total.